The first-order valence-electron chi connectivity index (χ1n) is 4.50. The SMILES string of the molecule is CC(=O)C(N=O)C(=O)c1ccc(C)cc1. The van der Waals surface area contributed by atoms with Crippen LogP contribution in [-0.2, 0) is 4.79 Å². The summed E-state index contributed by atoms with van der Waals surface area (Å²) < 4.78 is 0. The molecule has 0 bridgehead atoms. The summed E-state index contributed by atoms with van der Waals surface area (Å²) in [5, 5.41) is 2.54. The fraction of sp³-hybridized carbons (Fsp3) is 0.273. The predicted molar refractivity (Wildman–Crippen MR) is 55.8 cm³/mol. The van der Waals surface area contributed by atoms with Crippen LogP contribution < -0.4 is 0 Å². The number of nitrogens with zero attached hydrogens (tertiary/aromatic N) is 1. The topological polar surface area (TPSA) is 63.6 Å². The van der Waals surface area contributed by atoms with E-state index in [0.29, 0.717) is 5.56 Å². The lowest BCUT2D eigenvalue weighted by Gasteiger charge is -2.04. The summed E-state index contributed by atoms with van der Waals surface area (Å²) in [7, 11) is 0. The second-order valence-electron chi connectivity index (χ2n) is 3.35. The molecular formula is C11H11NO3. The molecule has 1 atom stereocenters. The minimum Gasteiger partial charge on any atom is -0.297 e. The second kappa shape index (κ2) is 4.59. The molecule has 1 aromatic rings. The molecule has 4 heteroatoms. The van der Waals surface area contributed by atoms with Crippen molar-refractivity contribution < 1.29 is 9.59 Å². The van der Waals surface area contributed by atoms with Gasteiger partial charge in [0.05, 0.1) is 0 Å². The quantitative estimate of drug-likeness (QED) is 0.428. The molecule has 1 unspecified atom stereocenters. The van der Waals surface area contributed by atoms with Crippen molar-refractivity contribution in [2.24, 2.45) is 5.18 Å². The van der Waals surface area contributed by atoms with Crippen LogP contribution >= 0.6 is 0 Å². The Hall–Kier alpha value is -1.84. The third-order valence-electron chi connectivity index (χ3n) is 2.07. The van der Waals surface area contributed by atoms with Gasteiger partial charge < -0.3 is 0 Å². The van der Waals surface area contributed by atoms with Crippen molar-refractivity contribution in [3.63, 3.8) is 0 Å². The van der Waals surface area contributed by atoms with E-state index in [-0.39, 0.29) is 0 Å². The molecule has 4 nitrogen and oxygen atoms in total. The lowest BCUT2D eigenvalue weighted by molar-refractivity contribution is -0.117. The van der Waals surface area contributed by atoms with E-state index in [9.17, 15) is 14.5 Å². The lowest BCUT2D eigenvalue weighted by atomic mass is 10.0. The third kappa shape index (κ3) is 2.56. The van der Waals surface area contributed by atoms with Gasteiger partial charge in [-0.25, -0.2) is 0 Å². The minimum atomic E-state index is -1.41. The molecule has 0 aliphatic heterocycles. The summed E-state index contributed by atoms with van der Waals surface area (Å²) in [6.07, 6.45) is 0. The summed E-state index contributed by atoms with van der Waals surface area (Å²) in [5.74, 6) is -1.08. The number of ketones is 2. The van der Waals surface area contributed by atoms with Crippen LogP contribution in [-0.4, -0.2) is 17.6 Å². The van der Waals surface area contributed by atoms with Gasteiger partial charge in [-0.2, -0.15) is 0 Å². The van der Waals surface area contributed by atoms with Crippen molar-refractivity contribution in [3.05, 3.63) is 40.3 Å². The number of nitroso groups, excluding NO2 is 1. The van der Waals surface area contributed by atoms with Gasteiger partial charge >= 0.3 is 0 Å². The highest BCUT2D eigenvalue weighted by Gasteiger charge is 2.25. The predicted octanol–water partition coefficient (Wildman–Crippen LogP) is 1.90. The third-order valence-corrected chi connectivity index (χ3v) is 2.07. The minimum absolute atomic E-state index is 0.334. The zero-order valence-corrected chi connectivity index (χ0v) is 8.56. The smallest absolute Gasteiger partial charge is 0.212 e. The van der Waals surface area contributed by atoms with Crippen LogP contribution in [0.1, 0.15) is 22.8 Å². The average molecular weight is 205 g/mol. The van der Waals surface area contributed by atoms with Gasteiger partial charge in [0.2, 0.25) is 6.04 Å². The van der Waals surface area contributed by atoms with E-state index in [1.807, 2.05) is 6.92 Å². The van der Waals surface area contributed by atoms with Crippen LogP contribution in [0.15, 0.2) is 29.4 Å². The van der Waals surface area contributed by atoms with Crippen molar-refractivity contribution in [2.75, 3.05) is 0 Å². The number of benzene rings is 1. The Morgan fingerprint density at radius 3 is 2.13 bits per heavy atom. The molecule has 0 aromatic heterocycles. The maximum atomic E-state index is 11.6. The summed E-state index contributed by atoms with van der Waals surface area (Å²) in [4.78, 5) is 32.9. The van der Waals surface area contributed by atoms with Crippen LogP contribution in [0.2, 0.25) is 0 Å². The molecule has 0 radical (unpaired) electrons. The molecule has 15 heavy (non-hydrogen) atoms. The van der Waals surface area contributed by atoms with Crippen molar-refractivity contribution in [1.82, 2.24) is 0 Å². The van der Waals surface area contributed by atoms with E-state index in [1.54, 1.807) is 24.3 Å². The Morgan fingerprint density at radius 2 is 1.73 bits per heavy atom. The van der Waals surface area contributed by atoms with Gasteiger partial charge in [0.1, 0.15) is 0 Å². The van der Waals surface area contributed by atoms with Gasteiger partial charge in [0.15, 0.2) is 11.6 Å². The Bertz CT molecular complexity index is 395. The van der Waals surface area contributed by atoms with E-state index in [0.717, 1.165) is 5.56 Å². The maximum absolute atomic E-state index is 11.6. The molecule has 0 heterocycles. The number of rotatable bonds is 4. The number of aryl methyl sites for hydroxylation is 1. The molecule has 0 spiro atoms. The van der Waals surface area contributed by atoms with E-state index in [4.69, 9.17) is 0 Å². The van der Waals surface area contributed by atoms with Gasteiger partial charge in [-0.3, -0.25) is 9.59 Å². The fourth-order valence-corrected chi connectivity index (χ4v) is 1.18. The first kappa shape index (κ1) is 11.2. The molecule has 0 fully saturated rings. The van der Waals surface area contributed by atoms with Crippen LogP contribution in [0.3, 0.4) is 0 Å². The summed E-state index contributed by atoms with van der Waals surface area (Å²) >= 11 is 0. The molecular weight excluding hydrogens is 194 g/mol. The number of hydrogen-bond donors (Lipinski definition) is 0. The summed E-state index contributed by atoms with van der Waals surface area (Å²) in [5.41, 5.74) is 1.34. The number of carbonyl (C=O) groups excluding carboxylic acids is 2. The Morgan fingerprint density at radius 1 is 1.20 bits per heavy atom. The monoisotopic (exact) mass is 205 g/mol. The highest BCUT2D eigenvalue weighted by Crippen LogP contribution is 2.09. The molecule has 1 aromatic carbocycles. The molecule has 0 aliphatic carbocycles. The highest BCUT2D eigenvalue weighted by atomic mass is 16.3. The van der Waals surface area contributed by atoms with E-state index < -0.39 is 17.6 Å². The zero-order valence-electron chi connectivity index (χ0n) is 8.56. The van der Waals surface area contributed by atoms with Gasteiger partial charge in [-0.1, -0.05) is 35.0 Å². The molecule has 0 amide bonds. The Balaban J connectivity index is 2.98. The van der Waals surface area contributed by atoms with Gasteiger partial charge in [-0.05, 0) is 13.8 Å². The van der Waals surface area contributed by atoms with Crippen LogP contribution in [0, 0.1) is 11.8 Å². The number of carbonyl (C=O) groups is 2. The Kier molecular flexibility index (Phi) is 3.44. The van der Waals surface area contributed by atoms with E-state index in [1.165, 1.54) is 6.92 Å². The maximum Gasteiger partial charge on any atom is 0.212 e. The van der Waals surface area contributed by atoms with Gasteiger partial charge in [-0.15, -0.1) is 4.91 Å². The van der Waals surface area contributed by atoms with Gasteiger partial charge in [0, 0.05) is 5.56 Å². The van der Waals surface area contributed by atoms with Crippen LogP contribution in [0.4, 0.5) is 0 Å². The lowest BCUT2D eigenvalue weighted by Crippen LogP contribution is -2.25. The molecule has 78 valence electrons. The van der Waals surface area contributed by atoms with E-state index >= 15 is 0 Å². The average Bonchev–Trinajstić information content (AvgIpc) is 2.19. The van der Waals surface area contributed by atoms with Crippen LogP contribution in [0.5, 0.6) is 0 Å². The van der Waals surface area contributed by atoms with Crippen LogP contribution in [0.25, 0.3) is 0 Å². The highest BCUT2D eigenvalue weighted by molar-refractivity contribution is 6.13. The van der Waals surface area contributed by atoms with Crippen molar-refractivity contribution in [1.29, 1.82) is 0 Å². The second-order valence-corrected chi connectivity index (χ2v) is 3.35. The standard InChI is InChI=1S/C11H11NO3/c1-7-3-5-9(6-4-7)11(14)10(12-15)8(2)13/h3-6,10H,1-2H3. The van der Waals surface area contributed by atoms with Crippen molar-refractivity contribution in [2.45, 2.75) is 19.9 Å². The largest absolute Gasteiger partial charge is 0.297 e. The normalized spacial score (nSPS) is 11.9. The zero-order chi connectivity index (χ0) is 11.4. The summed E-state index contributed by atoms with van der Waals surface area (Å²) in [6.45, 7) is 3.06. The van der Waals surface area contributed by atoms with Gasteiger partial charge in [0.25, 0.3) is 0 Å². The molecule has 0 aliphatic rings. The summed E-state index contributed by atoms with van der Waals surface area (Å²) in [6, 6.07) is 5.25. The molecule has 0 saturated heterocycles. The fourth-order valence-electron chi connectivity index (χ4n) is 1.18. The number of hydrogen-bond acceptors (Lipinski definition) is 4. The first-order valence-corrected chi connectivity index (χ1v) is 4.50. The van der Waals surface area contributed by atoms with E-state index in [2.05, 4.69) is 5.18 Å². The van der Waals surface area contributed by atoms with Crippen molar-refractivity contribution >= 4 is 11.6 Å². The molecule has 1 rings (SSSR count). The molecule has 0 saturated carbocycles. The number of Topliss-reactive ketones (excluding diaryl/α,β-unsaturated/α-hetero) is 2. The van der Waals surface area contributed by atoms with Crippen molar-refractivity contribution in [3.8, 4) is 0 Å². The Labute approximate surface area is 87.3 Å². The molecule has 0 N–H and O–H groups in total. The first-order chi connectivity index (χ1) is 7.06.